The van der Waals surface area contributed by atoms with Crippen LogP contribution in [0, 0.1) is 11.3 Å². The first-order chi connectivity index (χ1) is 8.49. The molecule has 4 heteroatoms. The van der Waals surface area contributed by atoms with E-state index in [0.29, 0.717) is 6.04 Å². The molecule has 1 unspecified atom stereocenters. The Morgan fingerprint density at radius 3 is 2.50 bits per heavy atom. The van der Waals surface area contributed by atoms with Gasteiger partial charge in [-0.05, 0) is 40.2 Å². The Morgan fingerprint density at radius 1 is 1.39 bits per heavy atom. The van der Waals surface area contributed by atoms with Gasteiger partial charge < -0.3 is 4.74 Å². The van der Waals surface area contributed by atoms with Gasteiger partial charge in [0.2, 0.25) is 0 Å². The second kappa shape index (κ2) is 9.32. The molecule has 0 aliphatic heterocycles. The molecule has 0 aromatic carbocycles. The highest BCUT2D eigenvalue weighted by Gasteiger charge is 2.24. The van der Waals surface area contributed by atoms with Crippen LogP contribution in [0.3, 0.4) is 0 Å². The summed E-state index contributed by atoms with van der Waals surface area (Å²) in [6, 6.07) is 2.88. The minimum absolute atomic E-state index is 0.420. The van der Waals surface area contributed by atoms with E-state index in [-0.39, 0.29) is 0 Å². The number of ether oxygens (including phenoxy) is 1. The molecule has 0 bridgehead atoms. The van der Waals surface area contributed by atoms with E-state index in [4.69, 9.17) is 4.74 Å². The predicted octanol–water partition coefficient (Wildman–Crippen LogP) is 2.02. The smallest absolute Gasteiger partial charge is 0.105 e. The van der Waals surface area contributed by atoms with Gasteiger partial charge in [0, 0.05) is 26.2 Å². The van der Waals surface area contributed by atoms with Crippen molar-refractivity contribution in [2.75, 3.05) is 33.4 Å². The lowest BCUT2D eigenvalue weighted by molar-refractivity contribution is 0.124. The molecular weight excluding hydrogens is 226 g/mol. The van der Waals surface area contributed by atoms with E-state index >= 15 is 0 Å². The fourth-order valence-corrected chi connectivity index (χ4v) is 1.79. The zero-order valence-corrected chi connectivity index (χ0v) is 12.6. The van der Waals surface area contributed by atoms with Gasteiger partial charge in [-0.2, -0.15) is 5.26 Å². The first-order valence-electron chi connectivity index (χ1n) is 6.88. The van der Waals surface area contributed by atoms with Crippen molar-refractivity contribution in [2.24, 2.45) is 0 Å². The number of nitriles is 1. The summed E-state index contributed by atoms with van der Waals surface area (Å²) >= 11 is 0. The van der Waals surface area contributed by atoms with Gasteiger partial charge in [-0.15, -0.1) is 0 Å². The summed E-state index contributed by atoms with van der Waals surface area (Å²) in [5.41, 5.74) is -0.420. The monoisotopic (exact) mass is 255 g/mol. The maximum Gasteiger partial charge on any atom is 0.105 e. The van der Waals surface area contributed by atoms with Crippen LogP contribution in [0.2, 0.25) is 0 Å². The molecule has 0 spiro atoms. The largest absolute Gasteiger partial charge is 0.383 e. The van der Waals surface area contributed by atoms with Crippen LogP contribution in [-0.2, 0) is 4.74 Å². The topological polar surface area (TPSA) is 48.3 Å². The summed E-state index contributed by atoms with van der Waals surface area (Å²) in [7, 11) is 1.72. The van der Waals surface area contributed by atoms with Crippen molar-refractivity contribution in [3.8, 4) is 6.07 Å². The number of nitrogens with one attached hydrogen (secondary N) is 1. The average Bonchev–Trinajstić information content (AvgIpc) is 2.36. The van der Waals surface area contributed by atoms with Crippen LogP contribution in [0.1, 0.15) is 40.5 Å². The molecule has 0 radical (unpaired) electrons. The predicted molar refractivity (Wildman–Crippen MR) is 75.5 cm³/mol. The highest BCUT2D eigenvalue weighted by atomic mass is 16.5. The molecule has 0 heterocycles. The molecule has 0 aromatic rings. The second-order valence-electron chi connectivity index (χ2n) is 5.24. The van der Waals surface area contributed by atoms with Gasteiger partial charge in [-0.25, -0.2) is 0 Å². The molecule has 1 atom stereocenters. The van der Waals surface area contributed by atoms with Crippen LogP contribution in [0.25, 0.3) is 0 Å². The Hall–Kier alpha value is -0.630. The molecule has 18 heavy (non-hydrogen) atoms. The van der Waals surface area contributed by atoms with Gasteiger partial charge in [0.25, 0.3) is 0 Å². The van der Waals surface area contributed by atoms with Crippen LogP contribution in [0.15, 0.2) is 0 Å². The van der Waals surface area contributed by atoms with Crippen molar-refractivity contribution >= 4 is 0 Å². The molecule has 0 saturated carbocycles. The van der Waals surface area contributed by atoms with Gasteiger partial charge in [0.05, 0.1) is 12.7 Å². The maximum atomic E-state index is 9.28. The number of methoxy groups -OCH3 is 1. The SMILES string of the molecule is CCCNC(C)(C#N)CCN(CCOC)C(C)C. The van der Waals surface area contributed by atoms with E-state index in [9.17, 15) is 5.26 Å². The normalized spacial score (nSPS) is 14.8. The second-order valence-corrected chi connectivity index (χ2v) is 5.24. The van der Waals surface area contributed by atoms with Crippen molar-refractivity contribution < 1.29 is 4.74 Å². The number of nitrogens with zero attached hydrogens (tertiary/aromatic N) is 2. The molecule has 0 amide bonds. The summed E-state index contributed by atoms with van der Waals surface area (Å²) in [6.45, 7) is 11.9. The van der Waals surface area contributed by atoms with Crippen molar-refractivity contribution in [1.82, 2.24) is 10.2 Å². The van der Waals surface area contributed by atoms with E-state index in [1.807, 2.05) is 6.92 Å². The lowest BCUT2D eigenvalue weighted by Gasteiger charge is -2.30. The molecule has 0 rings (SSSR count). The van der Waals surface area contributed by atoms with Crippen molar-refractivity contribution in [3.63, 3.8) is 0 Å². The lowest BCUT2D eigenvalue weighted by atomic mass is 9.99. The van der Waals surface area contributed by atoms with E-state index in [1.54, 1.807) is 7.11 Å². The van der Waals surface area contributed by atoms with Gasteiger partial charge in [0.1, 0.15) is 5.54 Å². The third-order valence-electron chi connectivity index (χ3n) is 3.22. The van der Waals surface area contributed by atoms with E-state index < -0.39 is 5.54 Å². The Bertz CT molecular complexity index is 250. The summed E-state index contributed by atoms with van der Waals surface area (Å²) in [5, 5.41) is 12.6. The number of hydrogen-bond acceptors (Lipinski definition) is 4. The standard InChI is InChI=1S/C14H29N3O/c1-6-8-16-14(4,12-15)7-9-17(13(2)3)10-11-18-5/h13,16H,6-11H2,1-5H3. The Kier molecular flexibility index (Phi) is 8.99. The summed E-state index contributed by atoms with van der Waals surface area (Å²) < 4.78 is 5.12. The van der Waals surface area contributed by atoms with E-state index in [0.717, 1.165) is 39.1 Å². The third kappa shape index (κ3) is 6.95. The Labute approximate surface area is 112 Å². The van der Waals surface area contributed by atoms with Gasteiger partial charge in [-0.1, -0.05) is 6.92 Å². The zero-order valence-electron chi connectivity index (χ0n) is 12.6. The Morgan fingerprint density at radius 2 is 2.06 bits per heavy atom. The quantitative estimate of drug-likeness (QED) is 0.649. The van der Waals surface area contributed by atoms with Crippen molar-refractivity contribution in [1.29, 1.82) is 5.26 Å². The van der Waals surface area contributed by atoms with Gasteiger partial charge in [-0.3, -0.25) is 10.2 Å². The first kappa shape index (κ1) is 17.4. The van der Waals surface area contributed by atoms with Crippen LogP contribution in [0.5, 0.6) is 0 Å². The van der Waals surface area contributed by atoms with Crippen LogP contribution in [-0.4, -0.2) is 49.8 Å². The average molecular weight is 255 g/mol. The molecule has 106 valence electrons. The summed E-state index contributed by atoms with van der Waals surface area (Å²) in [6.07, 6.45) is 1.89. The number of hydrogen-bond donors (Lipinski definition) is 1. The highest BCUT2D eigenvalue weighted by Crippen LogP contribution is 2.11. The summed E-state index contributed by atoms with van der Waals surface area (Å²) in [5.74, 6) is 0. The van der Waals surface area contributed by atoms with Gasteiger partial charge in [0.15, 0.2) is 0 Å². The van der Waals surface area contributed by atoms with Gasteiger partial charge >= 0.3 is 0 Å². The van der Waals surface area contributed by atoms with Crippen LogP contribution in [0.4, 0.5) is 0 Å². The van der Waals surface area contributed by atoms with E-state index in [1.165, 1.54) is 0 Å². The molecule has 0 aliphatic rings. The lowest BCUT2D eigenvalue weighted by Crippen LogP contribution is -2.45. The Balaban J connectivity index is 4.25. The minimum atomic E-state index is -0.420. The molecule has 0 fully saturated rings. The fourth-order valence-electron chi connectivity index (χ4n) is 1.79. The molecule has 1 N–H and O–H groups in total. The first-order valence-corrected chi connectivity index (χ1v) is 6.88. The van der Waals surface area contributed by atoms with Crippen molar-refractivity contribution in [3.05, 3.63) is 0 Å². The maximum absolute atomic E-state index is 9.28. The fraction of sp³-hybridized carbons (Fsp3) is 0.929. The van der Waals surface area contributed by atoms with E-state index in [2.05, 4.69) is 37.1 Å². The molecular formula is C14H29N3O. The molecule has 0 saturated heterocycles. The number of rotatable bonds is 10. The zero-order chi connectivity index (χ0) is 14.0. The summed E-state index contributed by atoms with van der Waals surface area (Å²) in [4.78, 5) is 2.35. The third-order valence-corrected chi connectivity index (χ3v) is 3.22. The molecule has 0 aromatic heterocycles. The highest BCUT2D eigenvalue weighted by molar-refractivity contribution is 5.04. The molecule has 4 nitrogen and oxygen atoms in total. The van der Waals surface area contributed by atoms with Crippen LogP contribution < -0.4 is 5.32 Å². The molecule has 0 aliphatic carbocycles. The van der Waals surface area contributed by atoms with Crippen molar-refractivity contribution in [2.45, 2.75) is 52.1 Å². The van der Waals surface area contributed by atoms with Crippen LogP contribution >= 0.6 is 0 Å². The minimum Gasteiger partial charge on any atom is -0.383 e.